The van der Waals surface area contributed by atoms with Gasteiger partial charge in [0, 0.05) is 6.42 Å². The maximum absolute atomic E-state index is 11.2. The van der Waals surface area contributed by atoms with E-state index in [4.69, 9.17) is 19.6 Å². The van der Waals surface area contributed by atoms with Crippen LogP contribution < -0.4 is 5.69 Å². The summed E-state index contributed by atoms with van der Waals surface area (Å²) in [7, 11) is -10.9. The molecular weight excluding hydrogens is 338 g/mol. The van der Waals surface area contributed by atoms with Gasteiger partial charge < -0.3 is 34.6 Å². The van der Waals surface area contributed by atoms with Crippen LogP contribution >= 0.6 is 15.2 Å². The van der Waals surface area contributed by atoms with E-state index in [0.717, 1.165) is 0 Å². The summed E-state index contributed by atoms with van der Waals surface area (Å²) in [5.74, 6) is 0. The lowest BCUT2D eigenvalue weighted by atomic mass is 10.1. The number of hydrogen-bond donors (Lipinski definition) is 7. The molecule has 0 aliphatic rings. The van der Waals surface area contributed by atoms with Crippen LogP contribution in [0.1, 0.15) is 12.0 Å². The first kappa shape index (κ1) is 17.1. The van der Waals surface area contributed by atoms with Crippen molar-refractivity contribution < 1.29 is 33.8 Å². The zero-order chi connectivity index (χ0) is 16.8. The fraction of sp³-hybridized carbons (Fsp3) is 0.300. The van der Waals surface area contributed by atoms with E-state index in [1.54, 1.807) is 0 Å². The largest absolute Gasteiger partial charge is 0.369 e. The van der Waals surface area contributed by atoms with Crippen molar-refractivity contribution in [1.29, 1.82) is 0 Å². The highest BCUT2D eigenvalue weighted by Crippen LogP contribution is 2.69. The van der Waals surface area contributed by atoms with Crippen molar-refractivity contribution in [2.75, 3.05) is 0 Å². The summed E-state index contributed by atoms with van der Waals surface area (Å²) >= 11 is 0. The summed E-state index contributed by atoms with van der Waals surface area (Å²) in [6, 6.07) is 4.51. The molecule has 0 amide bonds. The predicted octanol–water partition coefficient (Wildman–Crippen LogP) is -0.210. The third-order valence-corrected chi connectivity index (χ3v) is 7.14. The second-order valence-electron chi connectivity index (χ2n) is 4.82. The van der Waals surface area contributed by atoms with E-state index in [2.05, 4.69) is 9.97 Å². The van der Waals surface area contributed by atoms with Crippen LogP contribution in [0.5, 0.6) is 0 Å². The molecule has 7 N–H and O–H groups in total. The van der Waals surface area contributed by atoms with Crippen LogP contribution in [0.2, 0.25) is 0 Å². The van der Waals surface area contributed by atoms with E-state index in [-0.39, 0.29) is 6.42 Å². The minimum absolute atomic E-state index is 0.212. The van der Waals surface area contributed by atoms with E-state index in [9.17, 15) is 19.0 Å². The van der Waals surface area contributed by atoms with E-state index in [1.165, 1.54) is 18.2 Å². The summed E-state index contributed by atoms with van der Waals surface area (Å²) in [5.41, 5.74) is 0.935. The Labute approximate surface area is 123 Å². The van der Waals surface area contributed by atoms with Crippen LogP contribution in [0, 0.1) is 0 Å². The Hall–Kier alpha value is -1.25. The Morgan fingerprint density at radius 3 is 2.09 bits per heavy atom. The highest BCUT2D eigenvalue weighted by Gasteiger charge is 2.58. The summed E-state index contributed by atoms with van der Waals surface area (Å²) in [5, 5.41) is 6.33. The Balaban J connectivity index is 2.30. The van der Waals surface area contributed by atoms with Crippen molar-refractivity contribution in [2.24, 2.45) is 0 Å². The number of aromatic amines is 2. The molecule has 0 fully saturated rings. The Morgan fingerprint density at radius 1 is 1.00 bits per heavy atom. The summed E-state index contributed by atoms with van der Waals surface area (Å²) in [6.45, 7) is 0. The van der Waals surface area contributed by atoms with Gasteiger partial charge in [0.05, 0.1) is 11.0 Å². The lowest BCUT2D eigenvalue weighted by Crippen LogP contribution is -2.29. The molecule has 0 unspecified atom stereocenters. The lowest BCUT2D eigenvalue weighted by Gasteiger charge is -2.29. The summed E-state index contributed by atoms with van der Waals surface area (Å²) < 4.78 is 22.5. The molecule has 0 aliphatic heterocycles. The van der Waals surface area contributed by atoms with Crippen molar-refractivity contribution in [3.63, 3.8) is 0 Å². The zero-order valence-electron chi connectivity index (χ0n) is 11.0. The number of hydrogen-bond acceptors (Lipinski definition) is 4. The van der Waals surface area contributed by atoms with Gasteiger partial charge in [0.1, 0.15) is 0 Å². The van der Waals surface area contributed by atoms with E-state index < -0.39 is 32.4 Å². The second kappa shape index (κ2) is 5.43. The zero-order valence-corrected chi connectivity index (χ0v) is 12.8. The van der Waals surface area contributed by atoms with Crippen LogP contribution in [-0.4, -0.2) is 39.7 Å². The highest BCUT2D eigenvalue weighted by molar-refractivity contribution is 7.72. The molecule has 1 aromatic carbocycles. The summed E-state index contributed by atoms with van der Waals surface area (Å²) in [4.78, 5) is 52.3. The van der Waals surface area contributed by atoms with Crippen LogP contribution in [0.4, 0.5) is 0 Å². The molecule has 0 aliphatic carbocycles. The number of H-pyrrole nitrogens is 2. The average Bonchev–Trinajstić information content (AvgIpc) is 2.72. The van der Waals surface area contributed by atoms with E-state index in [1.807, 2.05) is 0 Å². The topological polar surface area (TPSA) is 184 Å². The van der Waals surface area contributed by atoms with Crippen LogP contribution in [0.3, 0.4) is 0 Å². The molecule has 0 bridgehead atoms. The van der Waals surface area contributed by atoms with Crippen molar-refractivity contribution in [3.05, 3.63) is 34.2 Å². The second-order valence-corrected chi connectivity index (χ2v) is 8.83. The summed E-state index contributed by atoms with van der Waals surface area (Å²) in [6.07, 6.45) is -1.06. The molecule has 10 nitrogen and oxygen atoms in total. The maximum Gasteiger partial charge on any atom is 0.369 e. The number of aliphatic hydroxyl groups is 1. The van der Waals surface area contributed by atoms with Crippen molar-refractivity contribution in [1.82, 2.24) is 9.97 Å². The lowest BCUT2D eigenvalue weighted by molar-refractivity contribution is 0.123. The van der Waals surface area contributed by atoms with Gasteiger partial charge in [-0.25, -0.2) is 4.79 Å². The van der Waals surface area contributed by atoms with Gasteiger partial charge in [-0.2, -0.15) is 0 Å². The third-order valence-electron chi connectivity index (χ3n) is 3.26. The van der Waals surface area contributed by atoms with Gasteiger partial charge in [-0.1, -0.05) is 6.07 Å². The molecule has 2 rings (SSSR count). The SMILES string of the molecule is O=c1[nH]c2ccc(CCC(O)(P(=O)(O)O)P(=O)(O)O)cc2[nH]1. The normalized spacial score (nSPS) is 13.7. The van der Waals surface area contributed by atoms with E-state index in [0.29, 0.717) is 16.6 Å². The van der Waals surface area contributed by atoms with Gasteiger partial charge in [0.25, 0.3) is 5.08 Å². The van der Waals surface area contributed by atoms with Gasteiger partial charge in [-0.05, 0) is 24.1 Å². The maximum atomic E-state index is 11.2. The molecule has 0 saturated heterocycles. The monoisotopic (exact) mass is 352 g/mol. The van der Waals surface area contributed by atoms with Gasteiger partial charge in [-0.15, -0.1) is 0 Å². The molecule has 122 valence electrons. The Morgan fingerprint density at radius 2 is 1.55 bits per heavy atom. The number of fused-ring (bicyclic) bond motifs is 1. The molecule has 22 heavy (non-hydrogen) atoms. The molecule has 1 heterocycles. The smallest absolute Gasteiger partial charge is 0.368 e. The first-order valence-electron chi connectivity index (χ1n) is 5.99. The molecule has 2 aromatic rings. The standard InChI is InChI=1S/C10H14N2O8P2/c13-9-11-7-2-1-6(5-8(7)12-9)3-4-10(14,21(15,16)17)22(18,19)20/h1-2,5,14H,3-4H2,(H2,11,12,13)(H2,15,16,17)(H2,18,19,20). The molecule has 12 heteroatoms. The van der Waals surface area contributed by atoms with Crippen LogP contribution in [0.25, 0.3) is 11.0 Å². The number of aryl methyl sites for hydroxylation is 1. The minimum Gasteiger partial charge on any atom is -0.368 e. The third kappa shape index (κ3) is 3.09. The Bertz CT molecular complexity index is 822. The van der Waals surface area contributed by atoms with Crippen molar-refractivity contribution in [3.8, 4) is 0 Å². The Kier molecular flexibility index (Phi) is 4.23. The number of rotatable bonds is 5. The highest BCUT2D eigenvalue weighted by atomic mass is 31.2. The number of imidazole rings is 1. The van der Waals surface area contributed by atoms with Crippen molar-refractivity contribution >= 4 is 26.2 Å². The van der Waals surface area contributed by atoms with Crippen LogP contribution in [0.15, 0.2) is 23.0 Å². The molecular formula is C10H14N2O8P2. The fourth-order valence-corrected chi connectivity index (χ4v) is 4.17. The number of nitrogens with one attached hydrogen (secondary N) is 2. The first-order valence-corrected chi connectivity index (χ1v) is 9.21. The van der Waals surface area contributed by atoms with Gasteiger partial charge >= 0.3 is 20.9 Å². The minimum atomic E-state index is -5.46. The molecule has 0 atom stereocenters. The molecule has 0 radical (unpaired) electrons. The van der Waals surface area contributed by atoms with Crippen molar-refractivity contribution in [2.45, 2.75) is 17.9 Å². The molecule has 0 saturated carbocycles. The quantitative estimate of drug-likeness (QED) is 0.360. The van der Waals surface area contributed by atoms with Crippen LogP contribution in [-0.2, 0) is 15.6 Å². The number of aromatic nitrogens is 2. The average molecular weight is 352 g/mol. The van der Waals surface area contributed by atoms with Gasteiger partial charge in [0.15, 0.2) is 0 Å². The fourth-order valence-electron chi connectivity index (χ4n) is 2.01. The molecule has 0 spiro atoms. The van der Waals surface area contributed by atoms with Gasteiger partial charge in [0.2, 0.25) is 0 Å². The molecule has 1 aromatic heterocycles. The van der Waals surface area contributed by atoms with E-state index >= 15 is 0 Å². The predicted molar refractivity (Wildman–Crippen MR) is 76.3 cm³/mol. The number of benzene rings is 1. The first-order chi connectivity index (χ1) is 9.94. The van der Waals surface area contributed by atoms with Gasteiger partial charge in [-0.3, -0.25) is 9.13 Å².